The Morgan fingerprint density at radius 1 is 1.07 bits per heavy atom. The second kappa shape index (κ2) is 11.2. The van der Waals surface area contributed by atoms with Gasteiger partial charge in [0, 0.05) is 17.6 Å². The molecule has 162 valence electrons. The van der Waals surface area contributed by atoms with Gasteiger partial charge in [-0.3, -0.25) is 9.59 Å². The summed E-state index contributed by atoms with van der Waals surface area (Å²) in [6.07, 6.45) is 0.528. The van der Waals surface area contributed by atoms with E-state index in [0.29, 0.717) is 25.3 Å². The summed E-state index contributed by atoms with van der Waals surface area (Å²) in [5.41, 5.74) is 4.19. The lowest BCUT2D eigenvalue weighted by Crippen LogP contribution is -2.50. The third-order valence-electron chi connectivity index (χ3n) is 5.11. The van der Waals surface area contributed by atoms with Crippen molar-refractivity contribution in [3.63, 3.8) is 0 Å². The van der Waals surface area contributed by atoms with Gasteiger partial charge in [-0.25, -0.2) is 0 Å². The van der Waals surface area contributed by atoms with Crippen LogP contribution in [0.2, 0.25) is 0 Å². The monoisotopic (exact) mass is 474 g/mol. The van der Waals surface area contributed by atoms with E-state index in [4.69, 9.17) is 4.74 Å². The predicted octanol–water partition coefficient (Wildman–Crippen LogP) is 4.70. The first kappa shape index (κ1) is 23.9. The van der Waals surface area contributed by atoms with E-state index in [1.807, 2.05) is 71.0 Å². The lowest BCUT2D eigenvalue weighted by Gasteiger charge is -2.31. The molecule has 0 fully saturated rings. The Labute approximate surface area is 187 Å². The number of halogens is 1. The number of aryl methyl sites for hydroxylation is 3. The first-order valence-corrected chi connectivity index (χ1v) is 11.1. The van der Waals surface area contributed by atoms with E-state index in [2.05, 4.69) is 21.2 Å². The van der Waals surface area contributed by atoms with Crippen molar-refractivity contribution >= 4 is 27.7 Å². The fraction of sp³-hybridized carbons (Fsp3) is 0.417. The molecule has 2 amide bonds. The van der Waals surface area contributed by atoms with Crippen LogP contribution in [0.25, 0.3) is 0 Å². The second-order valence-corrected chi connectivity index (χ2v) is 8.22. The molecule has 2 aromatic carbocycles. The summed E-state index contributed by atoms with van der Waals surface area (Å²) >= 11 is 3.54. The minimum atomic E-state index is -0.547. The minimum Gasteiger partial charge on any atom is -0.484 e. The van der Waals surface area contributed by atoms with E-state index >= 15 is 0 Å². The number of carbonyl (C=O) groups is 2. The predicted molar refractivity (Wildman–Crippen MR) is 124 cm³/mol. The van der Waals surface area contributed by atoms with Crippen molar-refractivity contribution in [3.8, 4) is 5.75 Å². The summed E-state index contributed by atoms with van der Waals surface area (Å²) in [5, 5.41) is 2.85. The molecule has 2 rings (SSSR count). The Hall–Kier alpha value is -2.34. The number of nitrogens with zero attached hydrogens (tertiary/aromatic N) is 1. The van der Waals surface area contributed by atoms with Crippen molar-refractivity contribution in [2.24, 2.45) is 0 Å². The summed E-state index contributed by atoms with van der Waals surface area (Å²) in [4.78, 5) is 27.5. The van der Waals surface area contributed by atoms with Crippen molar-refractivity contribution in [2.75, 3.05) is 13.2 Å². The quantitative estimate of drug-likeness (QED) is 0.572. The van der Waals surface area contributed by atoms with Gasteiger partial charge in [0.25, 0.3) is 5.91 Å². The molecule has 1 N–H and O–H groups in total. The van der Waals surface area contributed by atoms with Gasteiger partial charge in [0.1, 0.15) is 11.8 Å². The fourth-order valence-electron chi connectivity index (χ4n) is 3.40. The number of carbonyl (C=O) groups excluding carboxylic acids is 2. The summed E-state index contributed by atoms with van der Waals surface area (Å²) in [6, 6.07) is 11.2. The number of ether oxygens (including phenoxy) is 1. The lowest BCUT2D eigenvalue weighted by atomic mass is 10.1. The Bertz CT molecular complexity index is 875. The van der Waals surface area contributed by atoms with Gasteiger partial charge < -0.3 is 15.0 Å². The molecule has 0 radical (unpaired) electrons. The van der Waals surface area contributed by atoms with Crippen LogP contribution in [0.15, 0.2) is 40.9 Å². The van der Waals surface area contributed by atoms with Crippen molar-refractivity contribution in [1.29, 1.82) is 0 Å². The zero-order chi connectivity index (χ0) is 22.3. The SMILES string of the molecule is CCNC(=O)[C@H](CC)N(Cc1ccccc1C)C(=O)COc1cc(C)c(Br)c(C)c1. The molecule has 30 heavy (non-hydrogen) atoms. The van der Waals surface area contributed by atoms with Crippen LogP contribution in [0.1, 0.15) is 42.5 Å². The summed E-state index contributed by atoms with van der Waals surface area (Å²) in [7, 11) is 0. The molecule has 0 aliphatic carbocycles. The van der Waals surface area contributed by atoms with Crippen LogP contribution >= 0.6 is 15.9 Å². The Balaban J connectivity index is 2.24. The molecule has 0 saturated heterocycles. The molecule has 0 aromatic heterocycles. The highest BCUT2D eigenvalue weighted by Gasteiger charge is 2.29. The van der Waals surface area contributed by atoms with Gasteiger partial charge in [0.05, 0.1) is 0 Å². The summed E-state index contributed by atoms with van der Waals surface area (Å²) < 4.78 is 6.86. The maximum atomic E-state index is 13.2. The number of rotatable bonds is 9. The molecule has 0 heterocycles. The highest BCUT2D eigenvalue weighted by molar-refractivity contribution is 9.10. The van der Waals surface area contributed by atoms with Crippen LogP contribution in [0, 0.1) is 20.8 Å². The van der Waals surface area contributed by atoms with Crippen LogP contribution in [-0.2, 0) is 16.1 Å². The van der Waals surface area contributed by atoms with Crippen LogP contribution < -0.4 is 10.1 Å². The largest absolute Gasteiger partial charge is 0.484 e. The molecule has 5 nitrogen and oxygen atoms in total. The van der Waals surface area contributed by atoms with Crippen molar-refractivity contribution < 1.29 is 14.3 Å². The lowest BCUT2D eigenvalue weighted by molar-refractivity contribution is -0.142. The van der Waals surface area contributed by atoms with Crippen LogP contribution in [0.4, 0.5) is 0 Å². The molecule has 0 spiro atoms. The van der Waals surface area contributed by atoms with E-state index in [1.165, 1.54) is 0 Å². The Kier molecular flexibility index (Phi) is 8.90. The Morgan fingerprint density at radius 3 is 2.27 bits per heavy atom. The maximum Gasteiger partial charge on any atom is 0.261 e. The van der Waals surface area contributed by atoms with Crippen LogP contribution in [0.3, 0.4) is 0 Å². The third-order valence-corrected chi connectivity index (χ3v) is 6.36. The minimum absolute atomic E-state index is 0.123. The number of hydrogen-bond acceptors (Lipinski definition) is 3. The highest BCUT2D eigenvalue weighted by atomic mass is 79.9. The smallest absolute Gasteiger partial charge is 0.261 e. The van der Waals surface area contributed by atoms with Gasteiger partial charge in [0.2, 0.25) is 5.91 Å². The zero-order valence-electron chi connectivity index (χ0n) is 18.4. The molecular weight excluding hydrogens is 444 g/mol. The molecule has 0 saturated carbocycles. The molecule has 0 aliphatic heterocycles. The summed E-state index contributed by atoms with van der Waals surface area (Å²) in [5.74, 6) is 0.287. The maximum absolute atomic E-state index is 13.2. The van der Waals surface area contributed by atoms with E-state index in [0.717, 1.165) is 26.7 Å². The first-order valence-electron chi connectivity index (χ1n) is 10.3. The molecule has 0 unspecified atom stereocenters. The van der Waals surface area contributed by atoms with Gasteiger partial charge in [-0.05, 0) is 68.5 Å². The summed E-state index contributed by atoms with van der Waals surface area (Å²) in [6.45, 7) is 10.5. The van der Waals surface area contributed by atoms with Crippen molar-refractivity contribution in [2.45, 2.75) is 53.6 Å². The standard InChI is InChI=1S/C24H31BrN2O3/c1-6-21(24(29)26-7-2)27(14-19-11-9-8-10-16(19)3)22(28)15-30-20-12-17(4)23(25)18(5)13-20/h8-13,21H,6-7,14-15H2,1-5H3,(H,26,29)/t21-/m0/s1. The number of nitrogens with one attached hydrogen (secondary N) is 1. The fourth-order valence-corrected chi connectivity index (χ4v) is 3.63. The van der Waals surface area contributed by atoms with Crippen molar-refractivity contribution in [3.05, 3.63) is 63.1 Å². The number of benzene rings is 2. The molecule has 6 heteroatoms. The zero-order valence-corrected chi connectivity index (χ0v) is 20.0. The van der Waals surface area contributed by atoms with E-state index in [9.17, 15) is 9.59 Å². The average Bonchev–Trinajstić information content (AvgIpc) is 2.71. The number of amides is 2. The van der Waals surface area contributed by atoms with E-state index in [-0.39, 0.29) is 18.4 Å². The van der Waals surface area contributed by atoms with Crippen LogP contribution in [-0.4, -0.2) is 35.9 Å². The van der Waals surface area contributed by atoms with E-state index in [1.54, 1.807) is 4.90 Å². The normalized spacial score (nSPS) is 11.7. The highest BCUT2D eigenvalue weighted by Crippen LogP contribution is 2.26. The average molecular weight is 475 g/mol. The topological polar surface area (TPSA) is 58.6 Å². The first-order chi connectivity index (χ1) is 14.3. The van der Waals surface area contributed by atoms with E-state index < -0.39 is 6.04 Å². The third kappa shape index (κ3) is 6.08. The van der Waals surface area contributed by atoms with Gasteiger partial charge in [-0.2, -0.15) is 0 Å². The molecule has 1 atom stereocenters. The number of likely N-dealkylation sites (N-methyl/N-ethyl adjacent to an activating group) is 1. The number of hydrogen-bond donors (Lipinski definition) is 1. The molecular formula is C24H31BrN2O3. The Morgan fingerprint density at radius 2 is 1.70 bits per heavy atom. The molecule has 0 bridgehead atoms. The molecule has 2 aromatic rings. The second-order valence-electron chi connectivity index (χ2n) is 7.43. The van der Waals surface area contributed by atoms with Crippen molar-refractivity contribution in [1.82, 2.24) is 10.2 Å². The van der Waals surface area contributed by atoms with Gasteiger partial charge in [-0.1, -0.05) is 47.1 Å². The molecule has 0 aliphatic rings. The van der Waals surface area contributed by atoms with Gasteiger partial charge in [-0.15, -0.1) is 0 Å². The van der Waals surface area contributed by atoms with Crippen LogP contribution in [0.5, 0.6) is 5.75 Å². The van der Waals surface area contributed by atoms with Gasteiger partial charge in [0.15, 0.2) is 6.61 Å². The van der Waals surface area contributed by atoms with Gasteiger partial charge >= 0.3 is 0 Å².